The highest BCUT2D eigenvalue weighted by Crippen LogP contribution is 2.35. The molecule has 7 heteroatoms. The van der Waals surface area contributed by atoms with Gasteiger partial charge in [-0.05, 0) is 18.8 Å². The topological polar surface area (TPSA) is 86.9 Å². The Labute approximate surface area is 120 Å². The second kappa shape index (κ2) is 6.24. The molecule has 2 atom stereocenters. The van der Waals surface area contributed by atoms with E-state index >= 15 is 0 Å². The molecule has 1 aliphatic rings. The maximum atomic E-state index is 12.3. The van der Waals surface area contributed by atoms with Crippen molar-refractivity contribution in [2.75, 3.05) is 0 Å². The number of aromatic amines is 1. The molecule has 0 spiro atoms. The van der Waals surface area contributed by atoms with Crippen molar-refractivity contribution >= 4 is 10.0 Å². The summed E-state index contributed by atoms with van der Waals surface area (Å²) in [6.45, 7) is 6.65. The second-order valence-electron chi connectivity index (χ2n) is 5.77. The van der Waals surface area contributed by atoms with Crippen molar-refractivity contribution in [1.29, 1.82) is 0 Å². The molecule has 0 saturated heterocycles. The van der Waals surface area contributed by atoms with Crippen LogP contribution < -0.4 is 10.0 Å². The van der Waals surface area contributed by atoms with Crippen LogP contribution in [0.4, 0.5) is 0 Å². The number of rotatable bonds is 8. The van der Waals surface area contributed by atoms with Gasteiger partial charge in [-0.1, -0.05) is 27.2 Å². The van der Waals surface area contributed by atoms with Crippen molar-refractivity contribution in [1.82, 2.24) is 20.2 Å². The Kier molecular flexibility index (Phi) is 4.82. The van der Waals surface area contributed by atoms with E-state index in [2.05, 4.69) is 27.2 Å². The van der Waals surface area contributed by atoms with Crippen LogP contribution in [0.1, 0.15) is 45.6 Å². The number of aromatic nitrogens is 2. The molecule has 0 radical (unpaired) electrons. The van der Waals surface area contributed by atoms with E-state index in [0.29, 0.717) is 24.1 Å². The highest BCUT2D eigenvalue weighted by atomic mass is 32.2. The summed E-state index contributed by atoms with van der Waals surface area (Å²) in [4.78, 5) is 0. The minimum atomic E-state index is -3.49. The quantitative estimate of drug-likeness (QED) is 0.677. The molecule has 2 rings (SSSR count). The average molecular weight is 300 g/mol. The van der Waals surface area contributed by atoms with Crippen LogP contribution in [-0.4, -0.2) is 30.7 Å². The first-order valence-corrected chi connectivity index (χ1v) is 8.70. The Bertz CT molecular complexity index is 538. The van der Waals surface area contributed by atoms with Crippen molar-refractivity contribution < 1.29 is 8.42 Å². The van der Waals surface area contributed by atoms with E-state index in [-0.39, 0.29) is 11.1 Å². The Morgan fingerprint density at radius 2 is 2.25 bits per heavy atom. The SMILES string of the molecule is CCCC1CC1NS(=O)(=O)c1[nH]ncc1CNC(C)C. The zero-order chi connectivity index (χ0) is 14.8. The van der Waals surface area contributed by atoms with Crippen LogP contribution in [0.2, 0.25) is 0 Å². The summed E-state index contributed by atoms with van der Waals surface area (Å²) in [6.07, 6.45) is 4.69. The molecule has 1 fully saturated rings. The first-order chi connectivity index (χ1) is 9.44. The molecule has 1 heterocycles. The molecule has 1 aromatic rings. The third-order valence-corrected chi connectivity index (χ3v) is 5.04. The normalized spacial score (nSPS) is 22.4. The predicted octanol–water partition coefficient (Wildman–Crippen LogP) is 1.37. The monoisotopic (exact) mass is 300 g/mol. The van der Waals surface area contributed by atoms with Crippen LogP contribution in [-0.2, 0) is 16.6 Å². The lowest BCUT2D eigenvalue weighted by molar-refractivity contribution is 0.559. The van der Waals surface area contributed by atoms with E-state index in [9.17, 15) is 8.42 Å². The van der Waals surface area contributed by atoms with Crippen molar-refractivity contribution in [2.45, 2.75) is 63.7 Å². The maximum Gasteiger partial charge on any atom is 0.258 e. The fraction of sp³-hybridized carbons (Fsp3) is 0.769. The van der Waals surface area contributed by atoms with Gasteiger partial charge in [0.2, 0.25) is 0 Å². The van der Waals surface area contributed by atoms with Crippen LogP contribution in [0.15, 0.2) is 11.2 Å². The van der Waals surface area contributed by atoms with Crippen molar-refractivity contribution in [3.63, 3.8) is 0 Å². The van der Waals surface area contributed by atoms with E-state index in [1.54, 1.807) is 6.20 Å². The molecule has 0 aromatic carbocycles. The van der Waals surface area contributed by atoms with Crippen LogP contribution in [0.25, 0.3) is 0 Å². The number of sulfonamides is 1. The minimum absolute atomic E-state index is 0.0918. The lowest BCUT2D eigenvalue weighted by Crippen LogP contribution is -2.29. The summed E-state index contributed by atoms with van der Waals surface area (Å²) in [5.41, 5.74) is 0.680. The molecule has 0 amide bonds. The van der Waals surface area contributed by atoms with Gasteiger partial charge >= 0.3 is 0 Å². The van der Waals surface area contributed by atoms with Crippen molar-refractivity contribution in [2.24, 2.45) is 5.92 Å². The molecule has 20 heavy (non-hydrogen) atoms. The van der Waals surface area contributed by atoms with Crippen LogP contribution in [0.3, 0.4) is 0 Å². The van der Waals surface area contributed by atoms with Gasteiger partial charge in [0.1, 0.15) is 0 Å². The van der Waals surface area contributed by atoms with Gasteiger partial charge in [0.15, 0.2) is 5.03 Å². The maximum absolute atomic E-state index is 12.3. The summed E-state index contributed by atoms with van der Waals surface area (Å²) < 4.78 is 27.5. The van der Waals surface area contributed by atoms with Gasteiger partial charge in [-0.2, -0.15) is 5.10 Å². The van der Waals surface area contributed by atoms with E-state index in [4.69, 9.17) is 0 Å². The zero-order valence-corrected chi connectivity index (χ0v) is 13.1. The fourth-order valence-electron chi connectivity index (χ4n) is 2.31. The second-order valence-corrected chi connectivity index (χ2v) is 7.42. The molecule has 1 aliphatic carbocycles. The van der Waals surface area contributed by atoms with Crippen LogP contribution >= 0.6 is 0 Å². The Morgan fingerprint density at radius 3 is 2.90 bits per heavy atom. The molecule has 114 valence electrons. The Morgan fingerprint density at radius 1 is 1.50 bits per heavy atom. The van der Waals surface area contributed by atoms with Gasteiger partial charge in [0.25, 0.3) is 10.0 Å². The van der Waals surface area contributed by atoms with E-state index < -0.39 is 10.0 Å². The zero-order valence-electron chi connectivity index (χ0n) is 12.3. The van der Waals surface area contributed by atoms with Crippen LogP contribution in [0, 0.1) is 5.92 Å². The molecular formula is C13H24N4O2S. The summed E-state index contributed by atoms with van der Waals surface area (Å²) >= 11 is 0. The number of hydrogen-bond acceptors (Lipinski definition) is 4. The van der Waals surface area contributed by atoms with E-state index in [1.807, 2.05) is 13.8 Å². The summed E-state index contributed by atoms with van der Waals surface area (Å²) in [6, 6.07) is 0.389. The van der Waals surface area contributed by atoms with Gasteiger partial charge in [0, 0.05) is 24.2 Å². The fourth-order valence-corrected chi connectivity index (χ4v) is 3.76. The third-order valence-electron chi connectivity index (χ3n) is 3.54. The third kappa shape index (κ3) is 3.80. The minimum Gasteiger partial charge on any atom is -0.310 e. The van der Waals surface area contributed by atoms with E-state index in [1.165, 1.54) is 0 Å². The first kappa shape index (κ1) is 15.5. The van der Waals surface area contributed by atoms with Crippen LogP contribution in [0.5, 0.6) is 0 Å². The van der Waals surface area contributed by atoms with Gasteiger partial charge in [-0.3, -0.25) is 5.10 Å². The van der Waals surface area contributed by atoms with Gasteiger partial charge in [-0.25, -0.2) is 13.1 Å². The van der Waals surface area contributed by atoms with Gasteiger partial charge < -0.3 is 5.32 Å². The Hall–Kier alpha value is -0.920. The lowest BCUT2D eigenvalue weighted by atomic mass is 10.2. The number of nitrogens with one attached hydrogen (secondary N) is 3. The Balaban J connectivity index is 2.01. The molecule has 1 saturated carbocycles. The molecule has 6 nitrogen and oxygen atoms in total. The summed E-state index contributed by atoms with van der Waals surface area (Å²) in [5.74, 6) is 0.495. The molecule has 3 N–H and O–H groups in total. The number of H-pyrrole nitrogens is 1. The standard InChI is InChI=1S/C13H24N4O2S/c1-4-5-10-6-12(10)17-20(18,19)13-11(8-15-16-13)7-14-9(2)3/h8-10,12,14,17H,4-7H2,1-3H3,(H,15,16). The van der Waals surface area contributed by atoms with Gasteiger partial charge in [-0.15, -0.1) is 0 Å². The molecular weight excluding hydrogens is 276 g/mol. The highest BCUT2D eigenvalue weighted by molar-refractivity contribution is 7.89. The average Bonchev–Trinajstić information content (AvgIpc) is 2.91. The van der Waals surface area contributed by atoms with Crippen molar-refractivity contribution in [3.05, 3.63) is 11.8 Å². The van der Waals surface area contributed by atoms with E-state index in [0.717, 1.165) is 19.3 Å². The largest absolute Gasteiger partial charge is 0.310 e. The number of hydrogen-bond donors (Lipinski definition) is 3. The number of nitrogens with zero attached hydrogens (tertiary/aromatic N) is 1. The first-order valence-electron chi connectivity index (χ1n) is 7.22. The van der Waals surface area contributed by atoms with Gasteiger partial charge in [0.05, 0.1) is 6.20 Å². The summed E-state index contributed by atoms with van der Waals surface area (Å²) in [5, 5.41) is 9.87. The predicted molar refractivity (Wildman–Crippen MR) is 77.7 cm³/mol. The molecule has 2 unspecified atom stereocenters. The molecule has 1 aromatic heterocycles. The molecule has 0 bridgehead atoms. The highest BCUT2D eigenvalue weighted by Gasteiger charge is 2.40. The summed E-state index contributed by atoms with van der Waals surface area (Å²) in [7, 11) is -3.49. The lowest BCUT2D eigenvalue weighted by Gasteiger charge is -2.09. The smallest absolute Gasteiger partial charge is 0.258 e. The van der Waals surface area contributed by atoms with Crippen molar-refractivity contribution in [3.8, 4) is 0 Å². The molecule has 0 aliphatic heterocycles.